The molecule has 1 N–H and O–H groups in total. The molecule has 0 aliphatic carbocycles. The normalized spacial score (nSPS) is 16.5. The van der Waals surface area contributed by atoms with Crippen LogP contribution in [0, 0.1) is 13.8 Å². The number of piperidine rings is 1. The number of rotatable bonds is 2. The molecule has 2 aromatic rings. The summed E-state index contributed by atoms with van der Waals surface area (Å²) in [5.41, 5.74) is 2.35. The van der Waals surface area contributed by atoms with E-state index in [0.29, 0.717) is 23.3 Å². The molecule has 1 aromatic carbocycles. The van der Waals surface area contributed by atoms with Gasteiger partial charge in [0.2, 0.25) is 0 Å². The van der Waals surface area contributed by atoms with Crippen molar-refractivity contribution in [2.75, 3.05) is 13.1 Å². The Labute approximate surface area is 124 Å². The first-order valence-electron chi connectivity index (χ1n) is 7.64. The van der Waals surface area contributed by atoms with Crippen molar-refractivity contribution in [2.24, 2.45) is 0 Å². The average molecular weight is 287 g/mol. The fourth-order valence-corrected chi connectivity index (χ4v) is 3.19. The molecular weight excluding hydrogens is 266 g/mol. The Morgan fingerprint density at radius 2 is 1.86 bits per heavy atom. The molecule has 0 spiro atoms. The molecule has 1 saturated heterocycles. The van der Waals surface area contributed by atoms with Gasteiger partial charge in [0.05, 0.1) is 13.1 Å². The topological polar surface area (TPSA) is 57.7 Å². The molecule has 0 amide bonds. The molecule has 21 heavy (non-hydrogen) atoms. The number of hydrogen-bond donors (Lipinski definition) is 1. The Kier molecular flexibility index (Phi) is 3.72. The molecule has 1 fully saturated rings. The molecule has 4 nitrogen and oxygen atoms in total. The van der Waals surface area contributed by atoms with Gasteiger partial charge in [0.15, 0.2) is 0 Å². The SMILES string of the molecule is Cc1c(C)c2ccc([O-])c(C[NH+]3CCCCC3)c2oc1=O. The average Bonchev–Trinajstić information content (AvgIpc) is 2.49. The molecule has 2 heterocycles. The van der Waals surface area contributed by atoms with Gasteiger partial charge in [-0.2, -0.15) is 0 Å². The number of benzene rings is 1. The molecule has 3 rings (SSSR count). The van der Waals surface area contributed by atoms with Crippen molar-refractivity contribution in [1.82, 2.24) is 0 Å². The van der Waals surface area contributed by atoms with Gasteiger partial charge < -0.3 is 14.4 Å². The summed E-state index contributed by atoms with van der Waals surface area (Å²) in [6.45, 7) is 6.51. The minimum Gasteiger partial charge on any atom is -0.872 e. The van der Waals surface area contributed by atoms with Crippen LogP contribution in [0.4, 0.5) is 0 Å². The maximum absolute atomic E-state index is 12.2. The van der Waals surface area contributed by atoms with E-state index < -0.39 is 0 Å². The van der Waals surface area contributed by atoms with E-state index in [0.717, 1.165) is 24.0 Å². The molecule has 1 aromatic heterocycles. The largest absolute Gasteiger partial charge is 0.872 e. The lowest BCUT2D eigenvalue weighted by Gasteiger charge is -2.26. The summed E-state index contributed by atoms with van der Waals surface area (Å²) in [6.07, 6.45) is 3.68. The minimum absolute atomic E-state index is 0.0213. The Balaban J connectivity index is 2.12. The fraction of sp³-hybridized carbons (Fsp3) is 0.471. The highest BCUT2D eigenvalue weighted by Crippen LogP contribution is 2.27. The number of likely N-dealkylation sites (tertiary alicyclic amines) is 1. The maximum atomic E-state index is 12.2. The molecule has 0 bridgehead atoms. The smallest absolute Gasteiger partial charge is 0.339 e. The Morgan fingerprint density at radius 1 is 1.14 bits per heavy atom. The van der Waals surface area contributed by atoms with Crippen molar-refractivity contribution in [3.8, 4) is 5.75 Å². The lowest BCUT2D eigenvalue weighted by molar-refractivity contribution is -0.918. The predicted molar refractivity (Wildman–Crippen MR) is 79.7 cm³/mol. The Bertz CT molecular complexity index is 727. The van der Waals surface area contributed by atoms with Gasteiger partial charge in [0.1, 0.15) is 12.1 Å². The van der Waals surface area contributed by atoms with Crippen LogP contribution in [0.3, 0.4) is 0 Å². The zero-order valence-electron chi connectivity index (χ0n) is 12.6. The van der Waals surface area contributed by atoms with E-state index in [1.54, 1.807) is 19.1 Å². The van der Waals surface area contributed by atoms with Gasteiger partial charge in [-0.05, 0) is 38.7 Å². The summed E-state index contributed by atoms with van der Waals surface area (Å²) < 4.78 is 5.46. The number of quaternary nitrogens is 1. The van der Waals surface area contributed by atoms with Crippen LogP contribution in [-0.4, -0.2) is 13.1 Å². The van der Waals surface area contributed by atoms with Crippen LogP contribution < -0.4 is 15.6 Å². The van der Waals surface area contributed by atoms with Crippen LogP contribution in [0.2, 0.25) is 0 Å². The van der Waals surface area contributed by atoms with Crippen LogP contribution in [0.15, 0.2) is 21.3 Å². The van der Waals surface area contributed by atoms with Crippen LogP contribution in [-0.2, 0) is 6.54 Å². The summed E-state index contributed by atoms with van der Waals surface area (Å²) in [6, 6.07) is 3.38. The third kappa shape index (κ3) is 2.56. The van der Waals surface area contributed by atoms with Crippen molar-refractivity contribution in [1.29, 1.82) is 0 Å². The minimum atomic E-state index is -0.333. The van der Waals surface area contributed by atoms with Crippen LogP contribution >= 0.6 is 0 Å². The summed E-state index contributed by atoms with van der Waals surface area (Å²) >= 11 is 0. The Hall–Kier alpha value is -1.81. The number of nitrogens with one attached hydrogen (secondary N) is 1. The third-order valence-electron chi connectivity index (χ3n) is 4.67. The first-order valence-corrected chi connectivity index (χ1v) is 7.64. The standard InChI is InChI=1S/C17H21NO3/c1-11-12(2)17(20)21-16-13(11)6-7-15(19)14(16)10-18-8-4-3-5-9-18/h6-7,19H,3-5,8-10H2,1-2H3. The fourth-order valence-electron chi connectivity index (χ4n) is 3.19. The molecule has 112 valence electrons. The van der Waals surface area contributed by atoms with Gasteiger partial charge in [-0.1, -0.05) is 17.9 Å². The van der Waals surface area contributed by atoms with Crippen molar-refractivity contribution in [3.05, 3.63) is 39.2 Å². The van der Waals surface area contributed by atoms with Gasteiger partial charge in [0, 0.05) is 16.5 Å². The summed E-state index contributed by atoms with van der Waals surface area (Å²) in [7, 11) is 0. The summed E-state index contributed by atoms with van der Waals surface area (Å²) in [4.78, 5) is 13.3. The second kappa shape index (κ2) is 5.53. The molecule has 0 saturated carbocycles. The van der Waals surface area contributed by atoms with Crippen LogP contribution in [0.5, 0.6) is 5.75 Å². The first-order chi connectivity index (χ1) is 10.1. The van der Waals surface area contributed by atoms with E-state index in [1.165, 1.54) is 24.2 Å². The predicted octanol–water partition coefficient (Wildman–Crippen LogP) is 1.05. The van der Waals surface area contributed by atoms with Crippen molar-refractivity contribution >= 4 is 11.0 Å². The van der Waals surface area contributed by atoms with Gasteiger partial charge >= 0.3 is 5.63 Å². The highest BCUT2D eigenvalue weighted by molar-refractivity contribution is 5.85. The summed E-state index contributed by atoms with van der Waals surface area (Å²) in [5.74, 6) is -0.0213. The second-order valence-corrected chi connectivity index (χ2v) is 6.05. The summed E-state index contributed by atoms with van der Waals surface area (Å²) in [5, 5.41) is 13.1. The van der Waals surface area contributed by atoms with Crippen molar-refractivity contribution < 1.29 is 14.4 Å². The zero-order chi connectivity index (χ0) is 15.0. The van der Waals surface area contributed by atoms with E-state index in [1.807, 2.05) is 6.92 Å². The molecule has 1 aliphatic heterocycles. The highest BCUT2D eigenvalue weighted by atomic mass is 16.4. The van der Waals surface area contributed by atoms with Crippen LogP contribution in [0.1, 0.15) is 36.0 Å². The van der Waals surface area contributed by atoms with E-state index in [2.05, 4.69) is 0 Å². The Morgan fingerprint density at radius 3 is 2.57 bits per heavy atom. The van der Waals surface area contributed by atoms with E-state index in [-0.39, 0.29) is 11.4 Å². The first kappa shape index (κ1) is 14.1. The molecule has 0 radical (unpaired) electrons. The molecular formula is C17H21NO3. The second-order valence-electron chi connectivity index (χ2n) is 6.05. The molecule has 4 heteroatoms. The quantitative estimate of drug-likeness (QED) is 0.840. The third-order valence-corrected chi connectivity index (χ3v) is 4.67. The highest BCUT2D eigenvalue weighted by Gasteiger charge is 2.18. The lowest BCUT2D eigenvalue weighted by atomic mass is 10.0. The molecule has 1 aliphatic rings. The van der Waals surface area contributed by atoms with E-state index in [9.17, 15) is 9.90 Å². The van der Waals surface area contributed by atoms with Crippen molar-refractivity contribution in [3.63, 3.8) is 0 Å². The molecule has 0 unspecified atom stereocenters. The zero-order valence-corrected chi connectivity index (χ0v) is 12.6. The number of fused-ring (bicyclic) bond motifs is 1. The molecule has 0 atom stereocenters. The van der Waals surface area contributed by atoms with Gasteiger partial charge in [-0.25, -0.2) is 4.79 Å². The number of hydrogen-bond acceptors (Lipinski definition) is 3. The van der Waals surface area contributed by atoms with E-state index >= 15 is 0 Å². The van der Waals surface area contributed by atoms with Crippen molar-refractivity contribution in [2.45, 2.75) is 39.7 Å². The van der Waals surface area contributed by atoms with Crippen LogP contribution in [0.25, 0.3) is 11.0 Å². The van der Waals surface area contributed by atoms with Gasteiger partial charge in [-0.15, -0.1) is 0 Å². The maximum Gasteiger partial charge on any atom is 0.339 e. The van der Waals surface area contributed by atoms with Gasteiger partial charge in [0.25, 0.3) is 0 Å². The van der Waals surface area contributed by atoms with E-state index in [4.69, 9.17) is 4.42 Å². The van der Waals surface area contributed by atoms with Gasteiger partial charge in [-0.3, -0.25) is 0 Å². The number of aryl methyl sites for hydroxylation is 1. The monoisotopic (exact) mass is 287 g/mol. The lowest BCUT2D eigenvalue weighted by Crippen LogP contribution is -3.11.